The number of carbonyl (C=O) groups excluding carboxylic acids is 2. The predicted octanol–water partition coefficient (Wildman–Crippen LogP) is 3.16. The number of alkyl carbamates (subject to hydrolysis) is 1. The highest BCUT2D eigenvalue weighted by Crippen LogP contribution is 2.32. The van der Waals surface area contributed by atoms with Crippen molar-refractivity contribution < 1.29 is 28.5 Å². The van der Waals surface area contributed by atoms with E-state index in [9.17, 15) is 9.59 Å². The number of imide groups is 1. The van der Waals surface area contributed by atoms with Gasteiger partial charge in [0.15, 0.2) is 17.3 Å². The molecule has 2 aliphatic heterocycles. The Morgan fingerprint density at radius 2 is 1.85 bits per heavy atom. The summed E-state index contributed by atoms with van der Waals surface area (Å²) < 4.78 is 21.1. The zero-order valence-corrected chi connectivity index (χ0v) is 14.1. The smallest absolute Gasteiger partial charge is 0.419 e. The second kappa shape index (κ2) is 7.25. The van der Waals surface area contributed by atoms with Crippen molar-refractivity contribution in [2.75, 3.05) is 6.79 Å². The van der Waals surface area contributed by atoms with Crippen molar-refractivity contribution in [1.29, 1.82) is 0 Å². The Kier molecular flexibility index (Phi) is 4.49. The lowest BCUT2D eigenvalue weighted by molar-refractivity contribution is -0.116. The van der Waals surface area contributed by atoms with Crippen LogP contribution in [0, 0.1) is 0 Å². The van der Waals surface area contributed by atoms with Crippen LogP contribution in [-0.4, -0.2) is 18.8 Å². The molecule has 27 heavy (non-hydrogen) atoms. The molecule has 0 atom stereocenters. The van der Waals surface area contributed by atoms with Crippen molar-refractivity contribution in [3.05, 3.63) is 71.5 Å². The van der Waals surface area contributed by atoms with Gasteiger partial charge < -0.3 is 18.9 Å². The number of fused-ring (bicyclic) bond motifs is 1. The molecule has 0 bridgehead atoms. The second-order valence-electron chi connectivity index (χ2n) is 5.78. The minimum absolute atomic E-state index is 0.0278. The van der Waals surface area contributed by atoms with Crippen molar-refractivity contribution in [2.45, 2.75) is 6.61 Å². The maximum absolute atomic E-state index is 11.3. The van der Waals surface area contributed by atoms with Gasteiger partial charge in [-0.15, -0.1) is 0 Å². The Morgan fingerprint density at radius 1 is 1.04 bits per heavy atom. The van der Waals surface area contributed by atoms with Crippen molar-refractivity contribution in [1.82, 2.24) is 5.32 Å². The number of rotatable bonds is 5. The summed E-state index contributed by atoms with van der Waals surface area (Å²) in [5.74, 6) is 1.63. The molecule has 1 saturated heterocycles. The number of allylic oxidation sites excluding steroid dienone is 2. The summed E-state index contributed by atoms with van der Waals surface area (Å²) in [6, 6.07) is 13.2. The molecule has 0 radical (unpaired) electrons. The first-order valence-corrected chi connectivity index (χ1v) is 8.20. The summed E-state index contributed by atoms with van der Waals surface area (Å²) in [6.45, 7) is 0.664. The predicted molar refractivity (Wildman–Crippen MR) is 95.1 cm³/mol. The van der Waals surface area contributed by atoms with Crippen LogP contribution in [0.2, 0.25) is 0 Å². The molecule has 1 fully saturated rings. The summed E-state index contributed by atoms with van der Waals surface area (Å²) in [5, 5.41) is 2.03. The Morgan fingerprint density at radius 3 is 2.63 bits per heavy atom. The fourth-order valence-corrected chi connectivity index (χ4v) is 2.55. The fourth-order valence-electron chi connectivity index (χ4n) is 2.55. The third kappa shape index (κ3) is 3.92. The van der Waals surface area contributed by atoms with Crippen LogP contribution in [-0.2, 0) is 16.1 Å². The second-order valence-corrected chi connectivity index (χ2v) is 5.78. The highest BCUT2D eigenvalue weighted by atomic mass is 16.7. The number of amides is 2. The van der Waals surface area contributed by atoms with Gasteiger partial charge in [-0.05, 0) is 41.5 Å². The Balaban J connectivity index is 1.33. The van der Waals surface area contributed by atoms with Gasteiger partial charge in [-0.2, -0.15) is 0 Å². The molecule has 2 amide bonds. The first-order valence-electron chi connectivity index (χ1n) is 8.20. The summed E-state index contributed by atoms with van der Waals surface area (Å²) in [4.78, 5) is 22.2. The SMILES string of the molecule is O=C1NC(=O)C(=CC=Cc2ccc(OCc3ccc4c(c3)OCO4)cc2)O1. The molecule has 1 N–H and O–H groups in total. The number of benzene rings is 2. The monoisotopic (exact) mass is 365 g/mol. The molecule has 7 nitrogen and oxygen atoms in total. The van der Waals surface area contributed by atoms with Gasteiger partial charge in [0.1, 0.15) is 12.4 Å². The van der Waals surface area contributed by atoms with Crippen LogP contribution in [0.25, 0.3) is 6.08 Å². The van der Waals surface area contributed by atoms with Crippen molar-refractivity contribution in [3.8, 4) is 17.2 Å². The molecule has 0 unspecified atom stereocenters. The Labute approximate surface area is 154 Å². The maximum atomic E-state index is 11.3. The van der Waals surface area contributed by atoms with Gasteiger partial charge in [-0.3, -0.25) is 10.1 Å². The van der Waals surface area contributed by atoms with Gasteiger partial charge >= 0.3 is 6.09 Å². The normalized spacial score (nSPS) is 16.7. The number of nitrogens with one attached hydrogen (secondary N) is 1. The van der Waals surface area contributed by atoms with Gasteiger partial charge in [0.2, 0.25) is 6.79 Å². The first kappa shape index (κ1) is 16.7. The van der Waals surface area contributed by atoms with Gasteiger partial charge in [0, 0.05) is 0 Å². The quantitative estimate of drug-likeness (QED) is 0.820. The minimum Gasteiger partial charge on any atom is -0.489 e. The molecule has 2 aliphatic rings. The lowest BCUT2D eigenvalue weighted by Crippen LogP contribution is -2.18. The third-order valence-electron chi connectivity index (χ3n) is 3.90. The summed E-state index contributed by atoms with van der Waals surface area (Å²) in [7, 11) is 0. The van der Waals surface area contributed by atoms with Crippen LogP contribution in [0.1, 0.15) is 11.1 Å². The van der Waals surface area contributed by atoms with Crippen LogP contribution in [0.15, 0.2) is 60.4 Å². The molecule has 0 spiro atoms. The average molecular weight is 365 g/mol. The largest absolute Gasteiger partial charge is 0.489 e. The van der Waals surface area contributed by atoms with E-state index in [2.05, 4.69) is 0 Å². The minimum atomic E-state index is -0.761. The third-order valence-corrected chi connectivity index (χ3v) is 3.90. The highest BCUT2D eigenvalue weighted by Gasteiger charge is 2.25. The Bertz CT molecular complexity index is 945. The van der Waals surface area contributed by atoms with E-state index in [0.29, 0.717) is 6.61 Å². The van der Waals surface area contributed by atoms with E-state index in [4.69, 9.17) is 18.9 Å². The van der Waals surface area contributed by atoms with Crippen molar-refractivity contribution >= 4 is 18.1 Å². The molecular formula is C20H15NO6. The lowest BCUT2D eigenvalue weighted by Gasteiger charge is -2.07. The molecule has 2 aromatic carbocycles. The van der Waals surface area contributed by atoms with E-state index in [1.54, 1.807) is 12.2 Å². The Hall–Kier alpha value is -3.74. The van der Waals surface area contributed by atoms with Gasteiger partial charge in [0.05, 0.1) is 0 Å². The zero-order chi connectivity index (χ0) is 18.6. The van der Waals surface area contributed by atoms with E-state index >= 15 is 0 Å². The van der Waals surface area contributed by atoms with Gasteiger partial charge in [-0.25, -0.2) is 4.79 Å². The van der Waals surface area contributed by atoms with Gasteiger partial charge in [0.25, 0.3) is 5.91 Å². The van der Waals surface area contributed by atoms with Crippen LogP contribution < -0.4 is 19.5 Å². The number of hydrogen-bond acceptors (Lipinski definition) is 6. The topological polar surface area (TPSA) is 83.1 Å². The molecule has 2 heterocycles. The van der Waals surface area contributed by atoms with Gasteiger partial charge in [-0.1, -0.05) is 30.4 Å². The summed E-state index contributed by atoms with van der Waals surface area (Å²) in [5.41, 5.74) is 1.89. The van der Waals surface area contributed by atoms with E-state index in [-0.39, 0.29) is 12.6 Å². The number of cyclic esters (lactones) is 1. The molecule has 7 heteroatoms. The molecule has 4 rings (SSSR count). The zero-order valence-electron chi connectivity index (χ0n) is 14.1. The molecular weight excluding hydrogens is 350 g/mol. The molecule has 2 aromatic rings. The average Bonchev–Trinajstić information content (AvgIpc) is 3.26. The van der Waals surface area contributed by atoms with E-state index in [1.807, 2.05) is 47.8 Å². The number of hydrogen-bond donors (Lipinski definition) is 1. The summed E-state index contributed by atoms with van der Waals surface area (Å²) in [6.07, 6.45) is 4.09. The van der Waals surface area contributed by atoms with Crippen LogP contribution in [0.3, 0.4) is 0 Å². The number of ether oxygens (including phenoxy) is 4. The molecule has 136 valence electrons. The van der Waals surface area contributed by atoms with Crippen LogP contribution in [0.5, 0.6) is 17.2 Å². The molecule has 0 aliphatic carbocycles. The molecule has 0 aromatic heterocycles. The van der Waals surface area contributed by atoms with Crippen molar-refractivity contribution in [2.24, 2.45) is 0 Å². The van der Waals surface area contributed by atoms with E-state index in [0.717, 1.165) is 28.4 Å². The van der Waals surface area contributed by atoms with E-state index in [1.165, 1.54) is 6.08 Å². The number of carbonyl (C=O) groups is 2. The fraction of sp³-hybridized carbons (Fsp3) is 0.100. The first-order chi connectivity index (χ1) is 13.2. The summed E-state index contributed by atoms with van der Waals surface area (Å²) >= 11 is 0. The maximum Gasteiger partial charge on any atom is 0.419 e. The lowest BCUT2D eigenvalue weighted by atomic mass is 10.2. The highest BCUT2D eigenvalue weighted by molar-refractivity contribution is 6.07. The van der Waals surface area contributed by atoms with Crippen LogP contribution >= 0.6 is 0 Å². The standard InChI is InChI=1S/C20H15NO6/c22-19-17(27-20(23)21-19)3-1-2-13-4-7-15(8-5-13)24-11-14-6-9-16-18(10-14)26-12-25-16/h1-10H,11-12H2,(H,21,22,23). The van der Waals surface area contributed by atoms with Crippen LogP contribution in [0.4, 0.5) is 4.79 Å². The molecule has 0 saturated carbocycles. The van der Waals surface area contributed by atoms with E-state index < -0.39 is 12.0 Å². The van der Waals surface area contributed by atoms with Crippen molar-refractivity contribution in [3.63, 3.8) is 0 Å².